The van der Waals surface area contributed by atoms with Crippen LogP contribution in [0.1, 0.15) is 36.9 Å². The number of nitrogens with one attached hydrogen (secondary N) is 1. The van der Waals surface area contributed by atoms with Crippen molar-refractivity contribution in [3.63, 3.8) is 0 Å². The van der Waals surface area contributed by atoms with Crippen LogP contribution < -0.4 is 5.32 Å². The normalized spacial score (nSPS) is 17.9. The second-order valence-electron chi connectivity index (χ2n) is 6.48. The number of likely N-dealkylation sites (N-methyl/N-ethyl adjacent to an activating group) is 1. The summed E-state index contributed by atoms with van der Waals surface area (Å²) in [6.07, 6.45) is 9.30. The average Bonchev–Trinajstić information content (AvgIpc) is 3.04. The summed E-state index contributed by atoms with van der Waals surface area (Å²) in [6, 6.07) is 2.00. The van der Waals surface area contributed by atoms with Gasteiger partial charge in [-0.25, -0.2) is 9.50 Å². The summed E-state index contributed by atoms with van der Waals surface area (Å²) in [5.41, 5.74) is 3.43. The minimum atomic E-state index is 0.333. The van der Waals surface area contributed by atoms with E-state index in [1.54, 1.807) is 0 Å². The third kappa shape index (κ3) is 2.94. The number of nitrogens with zero attached hydrogens (tertiary/aromatic N) is 4. The van der Waals surface area contributed by atoms with Crippen LogP contribution in [0.25, 0.3) is 5.65 Å². The fraction of sp³-hybridized carbons (Fsp3) is 0.625. The largest absolute Gasteiger partial charge is 0.311 e. The second-order valence-corrected chi connectivity index (χ2v) is 6.48. The van der Waals surface area contributed by atoms with Gasteiger partial charge in [-0.2, -0.15) is 5.10 Å². The molecular weight excluding hydrogens is 262 g/mol. The molecular formula is C16H25N5. The first-order valence-corrected chi connectivity index (χ1v) is 7.78. The van der Waals surface area contributed by atoms with Crippen molar-refractivity contribution in [1.82, 2.24) is 24.8 Å². The van der Waals surface area contributed by atoms with Crippen LogP contribution in [0.5, 0.6) is 0 Å². The van der Waals surface area contributed by atoms with E-state index in [4.69, 9.17) is 0 Å². The molecule has 0 atom stereocenters. The first-order chi connectivity index (χ1) is 10.1. The van der Waals surface area contributed by atoms with Crippen molar-refractivity contribution < 1.29 is 0 Å². The molecule has 3 rings (SSSR count). The van der Waals surface area contributed by atoms with E-state index in [0.717, 1.165) is 24.4 Å². The zero-order valence-corrected chi connectivity index (χ0v) is 13.3. The summed E-state index contributed by atoms with van der Waals surface area (Å²) in [6.45, 7) is 3.88. The molecule has 0 radical (unpaired) electrons. The van der Waals surface area contributed by atoms with Gasteiger partial charge in [0.05, 0.1) is 5.69 Å². The van der Waals surface area contributed by atoms with Crippen LogP contribution in [-0.2, 0) is 6.54 Å². The van der Waals surface area contributed by atoms with Crippen LogP contribution in [0.2, 0.25) is 0 Å². The van der Waals surface area contributed by atoms with E-state index in [-0.39, 0.29) is 0 Å². The molecule has 2 aromatic heterocycles. The highest BCUT2D eigenvalue weighted by atomic mass is 15.2. The number of hydrogen-bond donors (Lipinski definition) is 1. The van der Waals surface area contributed by atoms with Crippen molar-refractivity contribution >= 4 is 5.65 Å². The SMILES string of the molecule is Cc1cc2ncc(CNCC3(N(C)C)CCCC3)cn2n1. The molecule has 5 nitrogen and oxygen atoms in total. The van der Waals surface area contributed by atoms with Crippen molar-refractivity contribution in [1.29, 1.82) is 0 Å². The van der Waals surface area contributed by atoms with Gasteiger partial charge in [0.1, 0.15) is 0 Å². The first kappa shape index (κ1) is 14.5. The van der Waals surface area contributed by atoms with Crippen LogP contribution in [0.3, 0.4) is 0 Å². The van der Waals surface area contributed by atoms with Gasteiger partial charge in [0, 0.05) is 42.7 Å². The quantitative estimate of drug-likeness (QED) is 0.913. The lowest BCUT2D eigenvalue weighted by Crippen LogP contribution is -2.49. The van der Waals surface area contributed by atoms with Gasteiger partial charge in [-0.15, -0.1) is 0 Å². The molecule has 0 bridgehead atoms. The molecule has 0 unspecified atom stereocenters. The molecule has 1 aliphatic rings. The Kier molecular flexibility index (Phi) is 3.95. The van der Waals surface area contributed by atoms with Gasteiger partial charge in [0.2, 0.25) is 0 Å². The molecule has 0 spiro atoms. The van der Waals surface area contributed by atoms with E-state index in [1.807, 2.05) is 23.7 Å². The Morgan fingerprint density at radius 3 is 2.81 bits per heavy atom. The fourth-order valence-electron chi connectivity index (χ4n) is 3.38. The summed E-state index contributed by atoms with van der Waals surface area (Å²) >= 11 is 0. The third-order valence-corrected chi connectivity index (χ3v) is 4.76. The summed E-state index contributed by atoms with van der Waals surface area (Å²) in [4.78, 5) is 6.85. The van der Waals surface area contributed by atoms with Crippen LogP contribution in [-0.4, -0.2) is 45.7 Å². The Labute approximate surface area is 126 Å². The van der Waals surface area contributed by atoms with Gasteiger partial charge >= 0.3 is 0 Å². The second kappa shape index (κ2) is 5.73. The number of rotatable bonds is 5. The lowest BCUT2D eigenvalue weighted by atomic mass is 9.96. The van der Waals surface area contributed by atoms with Crippen molar-refractivity contribution in [2.24, 2.45) is 0 Å². The van der Waals surface area contributed by atoms with Crippen molar-refractivity contribution in [2.45, 2.75) is 44.7 Å². The van der Waals surface area contributed by atoms with E-state index >= 15 is 0 Å². The Bertz CT molecular complexity index is 610. The van der Waals surface area contributed by atoms with Gasteiger partial charge in [-0.1, -0.05) is 12.8 Å². The molecule has 2 aromatic rings. The van der Waals surface area contributed by atoms with Gasteiger partial charge < -0.3 is 10.2 Å². The minimum Gasteiger partial charge on any atom is -0.311 e. The monoisotopic (exact) mass is 287 g/mol. The zero-order valence-electron chi connectivity index (χ0n) is 13.3. The molecule has 21 heavy (non-hydrogen) atoms. The Morgan fingerprint density at radius 1 is 1.33 bits per heavy atom. The number of aromatic nitrogens is 3. The van der Waals surface area contributed by atoms with Crippen molar-refractivity contribution in [2.75, 3.05) is 20.6 Å². The molecule has 0 amide bonds. The third-order valence-electron chi connectivity index (χ3n) is 4.76. The minimum absolute atomic E-state index is 0.333. The molecule has 1 N–H and O–H groups in total. The molecule has 1 saturated carbocycles. The molecule has 0 aromatic carbocycles. The van der Waals surface area contributed by atoms with Gasteiger partial charge in [0.15, 0.2) is 5.65 Å². The predicted molar refractivity (Wildman–Crippen MR) is 84.3 cm³/mol. The lowest BCUT2D eigenvalue weighted by molar-refractivity contribution is 0.153. The zero-order chi connectivity index (χ0) is 14.9. The van der Waals surface area contributed by atoms with Crippen LogP contribution in [0.15, 0.2) is 18.5 Å². The van der Waals surface area contributed by atoms with E-state index < -0.39 is 0 Å². The Hall–Kier alpha value is -1.46. The number of aryl methyl sites for hydroxylation is 1. The van der Waals surface area contributed by atoms with Gasteiger partial charge in [0.25, 0.3) is 0 Å². The Morgan fingerprint density at radius 2 is 2.10 bits per heavy atom. The standard InChI is InChI=1S/C16H25N5/c1-13-8-15-18-10-14(11-21(15)19-13)9-17-12-16(20(2)3)6-4-5-7-16/h8,10-11,17H,4-7,9,12H2,1-3H3. The van der Waals surface area contributed by atoms with Crippen LogP contribution in [0.4, 0.5) is 0 Å². The number of fused-ring (bicyclic) bond motifs is 1. The molecule has 1 fully saturated rings. The molecule has 1 aliphatic carbocycles. The topological polar surface area (TPSA) is 45.5 Å². The molecule has 5 heteroatoms. The van der Waals surface area contributed by atoms with Crippen molar-refractivity contribution in [3.8, 4) is 0 Å². The van der Waals surface area contributed by atoms with Crippen LogP contribution >= 0.6 is 0 Å². The van der Waals surface area contributed by atoms with E-state index in [0.29, 0.717) is 5.54 Å². The number of hydrogen-bond acceptors (Lipinski definition) is 4. The van der Waals surface area contributed by atoms with E-state index in [2.05, 4.69) is 40.6 Å². The molecule has 0 aliphatic heterocycles. The van der Waals surface area contributed by atoms with Crippen LogP contribution in [0, 0.1) is 6.92 Å². The van der Waals surface area contributed by atoms with E-state index in [1.165, 1.54) is 31.2 Å². The highest BCUT2D eigenvalue weighted by Crippen LogP contribution is 2.33. The summed E-state index contributed by atoms with van der Waals surface area (Å²) in [7, 11) is 4.40. The maximum Gasteiger partial charge on any atom is 0.155 e. The Balaban J connectivity index is 1.63. The predicted octanol–water partition coefficient (Wildman–Crippen LogP) is 2.00. The lowest BCUT2D eigenvalue weighted by Gasteiger charge is -2.36. The maximum absolute atomic E-state index is 4.45. The molecule has 114 valence electrons. The average molecular weight is 287 g/mol. The smallest absolute Gasteiger partial charge is 0.155 e. The van der Waals surface area contributed by atoms with E-state index in [9.17, 15) is 0 Å². The van der Waals surface area contributed by atoms with Gasteiger partial charge in [-0.3, -0.25) is 0 Å². The highest BCUT2D eigenvalue weighted by molar-refractivity contribution is 5.38. The van der Waals surface area contributed by atoms with Crippen molar-refractivity contribution in [3.05, 3.63) is 29.7 Å². The summed E-state index contributed by atoms with van der Waals surface area (Å²) in [5.74, 6) is 0. The molecule has 2 heterocycles. The van der Waals surface area contributed by atoms with Gasteiger partial charge in [-0.05, 0) is 33.9 Å². The fourth-order valence-corrected chi connectivity index (χ4v) is 3.38. The summed E-state index contributed by atoms with van der Waals surface area (Å²) < 4.78 is 1.86. The maximum atomic E-state index is 4.45. The molecule has 0 saturated heterocycles. The summed E-state index contributed by atoms with van der Waals surface area (Å²) in [5, 5.41) is 8.03. The first-order valence-electron chi connectivity index (χ1n) is 7.78. The highest BCUT2D eigenvalue weighted by Gasteiger charge is 2.35.